The first-order valence-corrected chi connectivity index (χ1v) is 8.77. The van der Waals surface area contributed by atoms with Crippen molar-refractivity contribution in [2.24, 2.45) is 0 Å². The summed E-state index contributed by atoms with van der Waals surface area (Å²) in [6.45, 7) is 4.96. The lowest BCUT2D eigenvalue weighted by atomic mass is 10.1. The third-order valence-corrected chi connectivity index (χ3v) is 5.57. The molecule has 0 bridgehead atoms. The van der Waals surface area contributed by atoms with Crippen molar-refractivity contribution < 1.29 is 4.79 Å². The number of rotatable bonds is 1. The summed E-state index contributed by atoms with van der Waals surface area (Å²) in [4.78, 5) is 20.3. The van der Waals surface area contributed by atoms with E-state index in [2.05, 4.69) is 48.5 Å². The molecule has 3 heterocycles. The van der Waals surface area contributed by atoms with E-state index in [0.29, 0.717) is 0 Å². The van der Waals surface area contributed by atoms with Gasteiger partial charge in [0.15, 0.2) is 0 Å². The van der Waals surface area contributed by atoms with Gasteiger partial charge in [0.1, 0.15) is 4.88 Å². The summed E-state index contributed by atoms with van der Waals surface area (Å²) in [6, 6.07) is 8.53. The highest BCUT2D eigenvalue weighted by Crippen LogP contribution is 2.42. The van der Waals surface area contributed by atoms with E-state index in [-0.39, 0.29) is 11.9 Å². The topological polar surface area (TPSA) is 45.2 Å². The van der Waals surface area contributed by atoms with Gasteiger partial charge in [-0.1, -0.05) is 13.0 Å². The third kappa shape index (κ3) is 2.18. The number of fused-ring (bicyclic) bond motifs is 5. The fourth-order valence-electron chi connectivity index (χ4n) is 3.38. The summed E-state index contributed by atoms with van der Waals surface area (Å²) < 4.78 is 1.14. The van der Waals surface area contributed by atoms with Gasteiger partial charge in [0.05, 0.1) is 11.2 Å². The van der Waals surface area contributed by atoms with Gasteiger partial charge in [0, 0.05) is 40.8 Å². The molecule has 0 unspecified atom stereocenters. The molecule has 23 heavy (non-hydrogen) atoms. The molecule has 1 atom stereocenters. The van der Waals surface area contributed by atoms with Crippen LogP contribution in [0.25, 0.3) is 21.0 Å². The van der Waals surface area contributed by atoms with Gasteiger partial charge >= 0.3 is 0 Å². The zero-order valence-corrected chi connectivity index (χ0v) is 14.3. The summed E-state index contributed by atoms with van der Waals surface area (Å²) in [5, 5.41) is 5.36. The van der Waals surface area contributed by atoms with Gasteiger partial charge < -0.3 is 10.2 Å². The fraction of sp³-hybridized carbons (Fsp3) is 0.333. The predicted molar refractivity (Wildman–Crippen MR) is 96.7 cm³/mol. The number of nitrogens with one attached hydrogen (secondary N) is 1. The number of likely N-dealkylation sites (N-methyl/N-ethyl adjacent to an activating group) is 1. The number of hydrogen-bond acceptors (Lipinski definition) is 4. The smallest absolute Gasteiger partial charge is 0.263 e. The van der Waals surface area contributed by atoms with E-state index in [1.807, 2.05) is 6.92 Å². The van der Waals surface area contributed by atoms with Crippen molar-refractivity contribution in [3.05, 3.63) is 34.8 Å². The van der Waals surface area contributed by atoms with Crippen LogP contribution in [-0.4, -0.2) is 30.5 Å². The van der Waals surface area contributed by atoms with Crippen LogP contribution in [0.5, 0.6) is 0 Å². The van der Waals surface area contributed by atoms with E-state index in [9.17, 15) is 4.79 Å². The van der Waals surface area contributed by atoms with Gasteiger partial charge in [-0.3, -0.25) is 9.78 Å². The summed E-state index contributed by atoms with van der Waals surface area (Å²) in [5.41, 5.74) is 3.14. The van der Waals surface area contributed by atoms with Crippen LogP contribution < -0.4 is 10.2 Å². The molecule has 0 saturated heterocycles. The number of hydrogen-bond donors (Lipinski definition) is 1. The Morgan fingerprint density at radius 3 is 2.96 bits per heavy atom. The van der Waals surface area contributed by atoms with E-state index in [0.717, 1.165) is 50.2 Å². The standard InChI is InChI=1S/C18H19N3OS/c1-4-11-5-6-12-13(20-11)7-8-14-15(12)16-17(23-14)18(22)19-10(2)9-21(16)3/h5-8,10H,4,9H2,1-3H3,(H,19,22)/t10-/m0/s1. The molecule has 0 aliphatic carbocycles. The molecule has 4 nitrogen and oxygen atoms in total. The molecule has 1 N–H and O–H groups in total. The molecule has 0 saturated carbocycles. The molecule has 1 aliphatic heterocycles. The Morgan fingerprint density at radius 2 is 2.17 bits per heavy atom. The molecule has 0 radical (unpaired) electrons. The number of amides is 1. The lowest BCUT2D eigenvalue weighted by Gasteiger charge is -2.20. The van der Waals surface area contributed by atoms with Crippen molar-refractivity contribution in [1.29, 1.82) is 0 Å². The Hall–Kier alpha value is -2.14. The highest BCUT2D eigenvalue weighted by atomic mass is 32.1. The van der Waals surface area contributed by atoms with Crippen molar-refractivity contribution in [3.63, 3.8) is 0 Å². The van der Waals surface area contributed by atoms with Crippen molar-refractivity contribution in [3.8, 4) is 0 Å². The maximum atomic E-state index is 12.5. The monoisotopic (exact) mass is 325 g/mol. The predicted octanol–water partition coefficient (Wildman–Crippen LogP) is 3.58. The molecule has 2 aromatic heterocycles. The molecular weight excluding hydrogens is 306 g/mol. The van der Waals surface area contributed by atoms with Gasteiger partial charge in [-0.25, -0.2) is 0 Å². The first kappa shape index (κ1) is 14.5. The van der Waals surface area contributed by atoms with Crippen LogP contribution in [0, 0.1) is 0 Å². The van der Waals surface area contributed by atoms with E-state index >= 15 is 0 Å². The summed E-state index contributed by atoms with van der Waals surface area (Å²) >= 11 is 1.57. The van der Waals surface area contributed by atoms with Gasteiger partial charge in [-0.15, -0.1) is 11.3 Å². The molecule has 1 aromatic carbocycles. The number of pyridine rings is 1. The molecule has 3 aromatic rings. The Balaban J connectivity index is 2.07. The van der Waals surface area contributed by atoms with Crippen molar-refractivity contribution in [1.82, 2.24) is 10.3 Å². The fourth-order valence-corrected chi connectivity index (χ4v) is 4.55. The molecule has 1 amide bonds. The van der Waals surface area contributed by atoms with Crippen LogP contribution in [-0.2, 0) is 6.42 Å². The number of carbonyl (C=O) groups excluding carboxylic acids is 1. The van der Waals surface area contributed by atoms with Crippen LogP contribution >= 0.6 is 11.3 Å². The largest absolute Gasteiger partial charge is 0.371 e. The van der Waals surface area contributed by atoms with Crippen LogP contribution in [0.2, 0.25) is 0 Å². The van der Waals surface area contributed by atoms with Crippen molar-refractivity contribution in [2.75, 3.05) is 18.5 Å². The third-order valence-electron chi connectivity index (χ3n) is 4.43. The number of aromatic nitrogens is 1. The number of aryl methyl sites for hydroxylation is 1. The first-order chi connectivity index (χ1) is 11.1. The average Bonchev–Trinajstić information content (AvgIpc) is 2.89. The number of anilines is 1. The SMILES string of the molecule is CCc1ccc2c(ccc3sc4c(c32)N(C)C[C@H](C)NC4=O)n1. The second-order valence-corrected chi connectivity index (χ2v) is 7.25. The Kier molecular flexibility index (Phi) is 3.27. The molecule has 5 heteroatoms. The molecule has 1 aliphatic rings. The van der Waals surface area contributed by atoms with E-state index < -0.39 is 0 Å². The summed E-state index contributed by atoms with van der Waals surface area (Å²) in [6.07, 6.45) is 0.926. The molecule has 0 fully saturated rings. The van der Waals surface area contributed by atoms with Gasteiger partial charge in [-0.2, -0.15) is 0 Å². The zero-order valence-electron chi connectivity index (χ0n) is 13.5. The highest BCUT2D eigenvalue weighted by Gasteiger charge is 2.27. The lowest BCUT2D eigenvalue weighted by Crippen LogP contribution is -2.36. The summed E-state index contributed by atoms with van der Waals surface area (Å²) in [5.74, 6) is 0.0318. The lowest BCUT2D eigenvalue weighted by molar-refractivity contribution is 0.0949. The maximum absolute atomic E-state index is 12.5. The van der Waals surface area contributed by atoms with Crippen LogP contribution in [0.15, 0.2) is 24.3 Å². The average molecular weight is 325 g/mol. The van der Waals surface area contributed by atoms with E-state index in [1.165, 1.54) is 0 Å². The maximum Gasteiger partial charge on any atom is 0.263 e. The molecule has 4 rings (SSSR count). The minimum Gasteiger partial charge on any atom is -0.371 e. The van der Waals surface area contributed by atoms with Crippen molar-refractivity contribution >= 4 is 43.9 Å². The summed E-state index contributed by atoms with van der Waals surface area (Å²) in [7, 11) is 2.06. The van der Waals surface area contributed by atoms with Crippen LogP contribution in [0.3, 0.4) is 0 Å². The minimum absolute atomic E-state index is 0.0318. The quantitative estimate of drug-likeness (QED) is 0.744. The number of thiophene rings is 1. The Bertz CT molecular complexity index is 931. The second kappa shape index (κ2) is 5.20. The number of benzene rings is 1. The second-order valence-electron chi connectivity index (χ2n) is 6.20. The van der Waals surface area contributed by atoms with Crippen LogP contribution in [0.1, 0.15) is 29.2 Å². The number of nitrogens with zero attached hydrogens (tertiary/aromatic N) is 2. The first-order valence-electron chi connectivity index (χ1n) is 7.95. The normalized spacial score (nSPS) is 18.1. The van der Waals surface area contributed by atoms with Crippen molar-refractivity contribution in [2.45, 2.75) is 26.3 Å². The van der Waals surface area contributed by atoms with Gasteiger partial charge in [-0.05, 0) is 31.5 Å². The molecule has 0 spiro atoms. The minimum atomic E-state index is 0.0318. The van der Waals surface area contributed by atoms with Gasteiger partial charge in [0.2, 0.25) is 0 Å². The number of carbonyl (C=O) groups is 1. The zero-order chi connectivity index (χ0) is 16.1. The Labute approximate surface area is 139 Å². The van der Waals surface area contributed by atoms with E-state index in [4.69, 9.17) is 4.98 Å². The highest BCUT2D eigenvalue weighted by molar-refractivity contribution is 7.21. The van der Waals surface area contributed by atoms with Crippen LogP contribution in [0.4, 0.5) is 5.69 Å². The molecular formula is C18H19N3OS. The molecule has 118 valence electrons. The Morgan fingerprint density at radius 1 is 1.35 bits per heavy atom. The van der Waals surface area contributed by atoms with Gasteiger partial charge in [0.25, 0.3) is 5.91 Å². The van der Waals surface area contributed by atoms with E-state index in [1.54, 1.807) is 11.3 Å².